The second-order valence-corrected chi connectivity index (χ2v) is 8.87. The van der Waals surface area contributed by atoms with Crippen LogP contribution in [0.25, 0.3) is 0 Å². The summed E-state index contributed by atoms with van der Waals surface area (Å²) in [7, 11) is 4.14. The molecule has 4 rings (SSSR count). The van der Waals surface area contributed by atoms with E-state index < -0.39 is 0 Å². The molecule has 2 aliphatic rings. The topological polar surface area (TPSA) is 36.8 Å². The number of carbonyl (C=O) groups is 1. The van der Waals surface area contributed by atoms with Gasteiger partial charge in [-0.1, -0.05) is 49.2 Å². The Morgan fingerprint density at radius 3 is 2.45 bits per heavy atom. The van der Waals surface area contributed by atoms with E-state index in [1.807, 2.05) is 0 Å². The summed E-state index contributed by atoms with van der Waals surface area (Å²) in [5, 5.41) is 3.31. The first-order chi connectivity index (χ1) is 14.1. The molecule has 1 amide bonds. The van der Waals surface area contributed by atoms with Crippen molar-refractivity contribution in [3.05, 3.63) is 65.2 Å². The first kappa shape index (κ1) is 20.0. The normalized spacial score (nSPS) is 20.1. The fraction of sp³-hybridized carbons (Fsp3) is 0.480. The molecule has 0 bridgehead atoms. The minimum Gasteiger partial charge on any atom is -0.378 e. The number of amides is 1. The number of hydrogen-bond donors (Lipinski definition) is 2. The molecule has 0 spiro atoms. The zero-order valence-corrected chi connectivity index (χ0v) is 17.8. The maximum Gasteiger partial charge on any atom is 0.223 e. The zero-order chi connectivity index (χ0) is 20.2. The van der Waals surface area contributed by atoms with Gasteiger partial charge < -0.3 is 15.1 Å². The third kappa shape index (κ3) is 4.64. The van der Waals surface area contributed by atoms with Gasteiger partial charge in [-0.25, -0.2) is 0 Å². The van der Waals surface area contributed by atoms with Crippen molar-refractivity contribution in [1.29, 1.82) is 0 Å². The molecular formula is C25H34N3O+. The molecule has 1 unspecified atom stereocenters. The lowest BCUT2D eigenvalue weighted by atomic mass is 9.96. The van der Waals surface area contributed by atoms with Crippen molar-refractivity contribution in [3.8, 4) is 0 Å². The molecule has 29 heavy (non-hydrogen) atoms. The summed E-state index contributed by atoms with van der Waals surface area (Å²) >= 11 is 0. The number of rotatable bonds is 6. The van der Waals surface area contributed by atoms with Crippen LogP contribution in [0.15, 0.2) is 48.5 Å². The summed E-state index contributed by atoms with van der Waals surface area (Å²) < 4.78 is 0. The molecule has 1 fully saturated rings. The lowest BCUT2D eigenvalue weighted by Gasteiger charge is -2.33. The van der Waals surface area contributed by atoms with Gasteiger partial charge in [0.15, 0.2) is 0 Å². The summed E-state index contributed by atoms with van der Waals surface area (Å²) in [5.41, 5.74) is 5.46. The summed E-state index contributed by atoms with van der Waals surface area (Å²) in [5.74, 6) is 0.484. The van der Waals surface area contributed by atoms with Crippen LogP contribution in [0.5, 0.6) is 0 Å². The Morgan fingerprint density at radius 1 is 1.07 bits per heavy atom. The van der Waals surface area contributed by atoms with Gasteiger partial charge in [-0.15, -0.1) is 0 Å². The van der Waals surface area contributed by atoms with Crippen LogP contribution in [-0.4, -0.2) is 33.1 Å². The first-order valence-corrected chi connectivity index (χ1v) is 11.1. The van der Waals surface area contributed by atoms with E-state index in [0.29, 0.717) is 6.54 Å². The first-order valence-electron chi connectivity index (χ1n) is 11.1. The van der Waals surface area contributed by atoms with Gasteiger partial charge in [0.2, 0.25) is 5.91 Å². The van der Waals surface area contributed by atoms with Crippen molar-refractivity contribution in [2.24, 2.45) is 5.92 Å². The van der Waals surface area contributed by atoms with Crippen LogP contribution in [0.4, 0.5) is 5.69 Å². The molecule has 0 radical (unpaired) electrons. The maximum absolute atomic E-state index is 12.7. The van der Waals surface area contributed by atoms with Crippen LogP contribution >= 0.6 is 0 Å². The molecule has 1 aliphatic heterocycles. The fourth-order valence-electron chi connectivity index (χ4n) is 4.94. The van der Waals surface area contributed by atoms with Crippen LogP contribution in [0.1, 0.15) is 48.4 Å². The number of carbonyl (C=O) groups excluding carboxylic acids is 1. The van der Waals surface area contributed by atoms with Crippen LogP contribution in [0, 0.1) is 5.92 Å². The molecule has 4 heteroatoms. The molecule has 2 atom stereocenters. The Kier molecular flexibility index (Phi) is 6.19. The number of nitrogens with one attached hydrogen (secondary N) is 2. The summed E-state index contributed by atoms with van der Waals surface area (Å²) in [6, 6.07) is 18.0. The zero-order valence-electron chi connectivity index (χ0n) is 17.8. The molecule has 1 heterocycles. The molecule has 1 saturated carbocycles. The maximum atomic E-state index is 12.7. The minimum absolute atomic E-state index is 0.226. The van der Waals surface area contributed by atoms with Crippen molar-refractivity contribution in [3.63, 3.8) is 0 Å². The highest BCUT2D eigenvalue weighted by molar-refractivity contribution is 5.78. The molecule has 2 N–H and O–H groups in total. The molecule has 2 aromatic carbocycles. The van der Waals surface area contributed by atoms with E-state index in [9.17, 15) is 4.79 Å². The quantitative estimate of drug-likeness (QED) is 0.793. The molecule has 2 aromatic rings. The predicted octanol–water partition coefficient (Wildman–Crippen LogP) is 2.74. The van der Waals surface area contributed by atoms with Crippen LogP contribution in [0.3, 0.4) is 0 Å². The summed E-state index contributed by atoms with van der Waals surface area (Å²) in [6.45, 7) is 2.85. The lowest BCUT2D eigenvalue weighted by Crippen LogP contribution is -3.12. The van der Waals surface area contributed by atoms with Crippen LogP contribution in [-0.2, 0) is 17.8 Å². The van der Waals surface area contributed by atoms with Crippen molar-refractivity contribution >= 4 is 11.6 Å². The largest absolute Gasteiger partial charge is 0.378 e. The Hall–Kier alpha value is -2.33. The average Bonchev–Trinajstić information content (AvgIpc) is 3.29. The highest BCUT2D eigenvalue weighted by Gasteiger charge is 2.30. The van der Waals surface area contributed by atoms with Crippen molar-refractivity contribution in [2.45, 2.75) is 44.7 Å². The standard InChI is InChI=1S/C25H33N3O/c1-27(2)23-13-11-20(12-14-23)24(17-26-25(29)21-8-4-5-9-21)28-16-15-19-7-3-6-10-22(19)18-28/h3,6-7,10-14,21,24H,4-5,8-9,15-18H2,1-2H3,(H,26,29)/p+1/t24-/m0/s1. The Balaban J connectivity index is 1.52. The molecule has 154 valence electrons. The monoisotopic (exact) mass is 392 g/mol. The van der Waals surface area contributed by atoms with Gasteiger partial charge >= 0.3 is 0 Å². The second-order valence-electron chi connectivity index (χ2n) is 8.87. The number of anilines is 1. The van der Waals surface area contributed by atoms with E-state index in [1.165, 1.54) is 35.2 Å². The molecule has 0 saturated heterocycles. The highest BCUT2D eigenvalue weighted by atomic mass is 16.1. The van der Waals surface area contributed by atoms with Crippen molar-refractivity contribution < 1.29 is 9.69 Å². The van der Waals surface area contributed by atoms with E-state index in [0.717, 1.165) is 32.4 Å². The van der Waals surface area contributed by atoms with Crippen LogP contribution < -0.4 is 15.1 Å². The summed E-state index contributed by atoms with van der Waals surface area (Å²) in [4.78, 5) is 16.4. The average molecular weight is 393 g/mol. The van der Waals surface area contributed by atoms with Gasteiger partial charge in [-0.3, -0.25) is 4.79 Å². The van der Waals surface area contributed by atoms with Gasteiger partial charge in [0.05, 0.1) is 13.1 Å². The summed E-state index contributed by atoms with van der Waals surface area (Å²) in [6.07, 6.45) is 5.60. The van der Waals surface area contributed by atoms with Gasteiger partial charge in [0.25, 0.3) is 0 Å². The SMILES string of the molecule is CN(C)c1ccc([C@H](CNC(=O)C2CCCC2)[NH+]2CCc3ccccc3C2)cc1. The van der Waals surface area contributed by atoms with E-state index in [4.69, 9.17) is 0 Å². The third-order valence-electron chi connectivity index (χ3n) is 6.76. The van der Waals surface area contributed by atoms with E-state index in [-0.39, 0.29) is 17.9 Å². The van der Waals surface area contributed by atoms with E-state index >= 15 is 0 Å². The third-order valence-corrected chi connectivity index (χ3v) is 6.76. The number of quaternary nitrogens is 1. The van der Waals surface area contributed by atoms with Gasteiger partial charge in [-0.2, -0.15) is 0 Å². The molecule has 0 aromatic heterocycles. The van der Waals surface area contributed by atoms with Gasteiger partial charge in [0, 0.05) is 43.2 Å². The van der Waals surface area contributed by atoms with Gasteiger partial charge in [-0.05, 0) is 30.5 Å². The van der Waals surface area contributed by atoms with E-state index in [2.05, 4.69) is 72.8 Å². The minimum atomic E-state index is 0.226. The molecular weight excluding hydrogens is 358 g/mol. The fourth-order valence-corrected chi connectivity index (χ4v) is 4.94. The van der Waals surface area contributed by atoms with Crippen molar-refractivity contribution in [2.75, 3.05) is 32.1 Å². The number of benzene rings is 2. The second kappa shape index (κ2) is 9.00. The Labute approximate surface area is 174 Å². The molecule has 4 nitrogen and oxygen atoms in total. The number of hydrogen-bond acceptors (Lipinski definition) is 2. The van der Waals surface area contributed by atoms with E-state index in [1.54, 1.807) is 4.90 Å². The Morgan fingerprint density at radius 2 is 1.76 bits per heavy atom. The highest BCUT2D eigenvalue weighted by Crippen LogP contribution is 2.25. The predicted molar refractivity (Wildman–Crippen MR) is 118 cm³/mol. The van der Waals surface area contributed by atoms with Gasteiger partial charge in [0.1, 0.15) is 12.6 Å². The number of nitrogens with zero attached hydrogens (tertiary/aromatic N) is 1. The number of fused-ring (bicyclic) bond motifs is 1. The Bertz CT molecular complexity index is 824. The smallest absolute Gasteiger partial charge is 0.223 e. The lowest BCUT2D eigenvalue weighted by molar-refractivity contribution is -0.945. The van der Waals surface area contributed by atoms with Crippen LogP contribution in [0.2, 0.25) is 0 Å². The van der Waals surface area contributed by atoms with Crippen molar-refractivity contribution in [1.82, 2.24) is 5.32 Å². The molecule has 1 aliphatic carbocycles.